The van der Waals surface area contributed by atoms with Gasteiger partial charge in [-0.15, -0.1) is 0 Å². The van der Waals surface area contributed by atoms with Gasteiger partial charge in [-0.2, -0.15) is 0 Å². The van der Waals surface area contributed by atoms with Crippen molar-refractivity contribution in [3.05, 3.63) is 12.2 Å². The number of allylic oxidation sites excluding steroid dienone is 1. The molecule has 5 nitrogen and oxygen atoms in total. The minimum absolute atomic E-state index is 0.0193. The van der Waals surface area contributed by atoms with E-state index in [2.05, 4.69) is 0 Å². The van der Waals surface area contributed by atoms with E-state index in [-0.39, 0.29) is 18.3 Å². The Balaban J connectivity index is 2.28. The van der Waals surface area contributed by atoms with Crippen LogP contribution in [0.3, 0.4) is 0 Å². The lowest BCUT2D eigenvalue weighted by atomic mass is 9.98. The third-order valence-electron chi connectivity index (χ3n) is 3.40. The molecule has 1 N–H and O–H groups in total. The first-order chi connectivity index (χ1) is 9.02. The molecule has 0 aromatic carbocycles. The number of ketones is 1. The van der Waals surface area contributed by atoms with Gasteiger partial charge in [-0.1, -0.05) is 6.08 Å². The summed E-state index contributed by atoms with van der Waals surface area (Å²) in [6, 6.07) is 0. The van der Waals surface area contributed by atoms with Gasteiger partial charge in [0, 0.05) is 26.2 Å². The van der Waals surface area contributed by atoms with Crippen molar-refractivity contribution >= 4 is 11.7 Å². The van der Waals surface area contributed by atoms with Crippen molar-refractivity contribution in [2.75, 3.05) is 39.8 Å². The number of carbonyl (C=O) groups is 2. The maximum absolute atomic E-state index is 12.0. The quantitative estimate of drug-likeness (QED) is 0.704. The van der Waals surface area contributed by atoms with Crippen molar-refractivity contribution in [1.82, 2.24) is 9.80 Å². The van der Waals surface area contributed by atoms with Gasteiger partial charge < -0.3 is 10.0 Å². The molecule has 0 atom stereocenters. The summed E-state index contributed by atoms with van der Waals surface area (Å²) < 4.78 is 0. The highest BCUT2D eigenvalue weighted by atomic mass is 16.3. The maximum atomic E-state index is 12.0. The van der Waals surface area contributed by atoms with Crippen LogP contribution in [0.1, 0.15) is 19.8 Å². The lowest BCUT2D eigenvalue weighted by Gasteiger charge is -2.32. The molecule has 0 aromatic heterocycles. The van der Waals surface area contributed by atoms with Crippen molar-refractivity contribution in [2.24, 2.45) is 5.92 Å². The average molecular weight is 268 g/mol. The number of aliphatic hydroxyl groups excluding tert-OH is 1. The van der Waals surface area contributed by atoms with Crippen molar-refractivity contribution in [3.8, 4) is 0 Å². The van der Waals surface area contributed by atoms with Gasteiger partial charge in [-0.3, -0.25) is 14.5 Å². The molecule has 0 radical (unpaired) electrons. The largest absolute Gasteiger partial charge is 0.396 e. The fourth-order valence-electron chi connectivity index (χ4n) is 2.16. The summed E-state index contributed by atoms with van der Waals surface area (Å²) in [7, 11) is 1.86. The van der Waals surface area contributed by atoms with Crippen molar-refractivity contribution < 1.29 is 14.7 Å². The van der Waals surface area contributed by atoms with E-state index >= 15 is 0 Å². The monoisotopic (exact) mass is 268 g/mol. The lowest BCUT2D eigenvalue weighted by Crippen LogP contribution is -2.43. The molecule has 19 heavy (non-hydrogen) atoms. The van der Waals surface area contributed by atoms with E-state index in [9.17, 15) is 9.59 Å². The van der Waals surface area contributed by atoms with Gasteiger partial charge in [0.05, 0.1) is 6.54 Å². The summed E-state index contributed by atoms with van der Waals surface area (Å²) >= 11 is 0. The number of rotatable bonds is 6. The van der Waals surface area contributed by atoms with E-state index < -0.39 is 0 Å². The Morgan fingerprint density at radius 2 is 2.00 bits per heavy atom. The Hall–Kier alpha value is -1.20. The van der Waals surface area contributed by atoms with E-state index in [1.54, 1.807) is 6.08 Å². The second kappa shape index (κ2) is 8.07. The van der Waals surface area contributed by atoms with Crippen LogP contribution in [0.15, 0.2) is 12.2 Å². The molecule has 0 bridgehead atoms. The fourth-order valence-corrected chi connectivity index (χ4v) is 2.16. The number of carbonyl (C=O) groups excluding carboxylic acids is 2. The molecule has 1 fully saturated rings. The summed E-state index contributed by atoms with van der Waals surface area (Å²) in [4.78, 5) is 26.5. The average Bonchev–Trinajstić information content (AvgIpc) is 2.38. The van der Waals surface area contributed by atoms with Gasteiger partial charge in [0.2, 0.25) is 5.91 Å². The fraction of sp³-hybridized carbons (Fsp3) is 0.714. The molecule has 1 aliphatic rings. The molecule has 108 valence electrons. The maximum Gasteiger partial charge on any atom is 0.236 e. The summed E-state index contributed by atoms with van der Waals surface area (Å²) in [5, 5.41) is 9.06. The highest BCUT2D eigenvalue weighted by Crippen LogP contribution is 2.16. The molecular weight excluding hydrogens is 244 g/mol. The number of amides is 1. The Morgan fingerprint density at radius 1 is 1.37 bits per heavy atom. The normalized spacial score (nSPS) is 17.4. The van der Waals surface area contributed by atoms with Crippen molar-refractivity contribution in [1.29, 1.82) is 0 Å². The molecule has 1 saturated heterocycles. The van der Waals surface area contributed by atoms with E-state index in [0.717, 1.165) is 25.9 Å². The number of likely N-dealkylation sites (tertiary alicyclic amines) is 1. The van der Waals surface area contributed by atoms with Crippen LogP contribution in [-0.2, 0) is 9.59 Å². The summed E-state index contributed by atoms with van der Waals surface area (Å²) in [6.45, 7) is 4.16. The van der Waals surface area contributed by atoms with Crippen LogP contribution >= 0.6 is 0 Å². The molecule has 0 aromatic rings. The zero-order chi connectivity index (χ0) is 14.3. The van der Waals surface area contributed by atoms with Crippen LogP contribution < -0.4 is 0 Å². The van der Waals surface area contributed by atoms with E-state index in [0.29, 0.717) is 19.0 Å². The van der Waals surface area contributed by atoms with Gasteiger partial charge in [0.15, 0.2) is 5.78 Å². The van der Waals surface area contributed by atoms with Crippen LogP contribution in [0, 0.1) is 5.92 Å². The molecule has 1 heterocycles. The Bertz CT molecular complexity index is 334. The molecule has 0 unspecified atom stereocenters. The van der Waals surface area contributed by atoms with Gasteiger partial charge >= 0.3 is 0 Å². The van der Waals surface area contributed by atoms with Gasteiger partial charge in [0.25, 0.3) is 0 Å². The first kappa shape index (κ1) is 15.9. The predicted octanol–water partition coefficient (Wildman–Crippen LogP) is 0.294. The minimum Gasteiger partial charge on any atom is -0.396 e. The molecule has 1 rings (SSSR count). The SMILES string of the molecule is CC(=O)/C=C/CN(C)CC(=O)N1CCC(CO)CC1. The van der Waals surface area contributed by atoms with Crippen LogP contribution in [0.5, 0.6) is 0 Å². The molecule has 0 saturated carbocycles. The van der Waals surface area contributed by atoms with Gasteiger partial charge in [0.1, 0.15) is 0 Å². The zero-order valence-electron chi connectivity index (χ0n) is 11.8. The zero-order valence-corrected chi connectivity index (χ0v) is 11.8. The minimum atomic E-state index is 0.0193. The molecule has 5 heteroatoms. The molecule has 0 spiro atoms. The first-order valence-electron chi connectivity index (χ1n) is 6.77. The molecule has 0 aliphatic carbocycles. The van der Waals surface area contributed by atoms with Gasteiger partial charge in [-0.25, -0.2) is 0 Å². The van der Waals surface area contributed by atoms with Crippen molar-refractivity contribution in [3.63, 3.8) is 0 Å². The third kappa shape index (κ3) is 5.98. The Kier molecular flexibility index (Phi) is 6.73. The number of nitrogens with zero attached hydrogens (tertiary/aromatic N) is 2. The number of piperidine rings is 1. The highest BCUT2D eigenvalue weighted by Gasteiger charge is 2.22. The topological polar surface area (TPSA) is 60.9 Å². The Morgan fingerprint density at radius 3 is 2.53 bits per heavy atom. The Labute approximate surface area is 114 Å². The smallest absolute Gasteiger partial charge is 0.236 e. The third-order valence-corrected chi connectivity index (χ3v) is 3.40. The summed E-state index contributed by atoms with van der Waals surface area (Å²) in [5.41, 5.74) is 0. The van der Waals surface area contributed by atoms with Crippen molar-refractivity contribution in [2.45, 2.75) is 19.8 Å². The second-order valence-electron chi connectivity index (χ2n) is 5.22. The first-order valence-corrected chi connectivity index (χ1v) is 6.77. The highest BCUT2D eigenvalue weighted by molar-refractivity contribution is 5.87. The molecule has 1 aliphatic heterocycles. The lowest BCUT2D eigenvalue weighted by molar-refractivity contribution is -0.133. The van der Waals surface area contributed by atoms with E-state index in [1.807, 2.05) is 16.8 Å². The number of hydrogen-bond acceptors (Lipinski definition) is 4. The molecule has 1 amide bonds. The summed E-state index contributed by atoms with van der Waals surface area (Å²) in [5.74, 6) is 0.487. The van der Waals surface area contributed by atoms with E-state index in [1.165, 1.54) is 13.0 Å². The number of hydrogen-bond donors (Lipinski definition) is 1. The van der Waals surface area contributed by atoms with Crippen LogP contribution in [-0.4, -0.2) is 66.4 Å². The van der Waals surface area contributed by atoms with Crippen LogP contribution in [0.2, 0.25) is 0 Å². The van der Waals surface area contributed by atoms with Crippen LogP contribution in [0.4, 0.5) is 0 Å². The standard InChI is InChI=1S/C14H24N2O3/c1-12(18)4-3-7-15(2)10-14(19)16-8-5-13(11-17)6-9-16/h3-4,13,17H,5-11H2,1-2H3/b4-3+. The van der Waals surface area contributed by atoms with E-state index in [4.69, 9.17) is 5.11 Å². The predicted molar refractivity (Wildman–Crippen MR) is 73.7 cm³/mol. The summed E-state index contributed by atoms with van der Waals surface area (Å²) in [6.07, 6.45) is 5.06. The van der Waals surface area contributed by atoms with Gasteiger partial charge in [-0.05, 0) is 38.8 Å². The molecular formula is C14H24N2O3. The number of likely N-dealkylation sites (N-methyl/N-ethyl adjacent to an activating group) is 1. The van der Waals surface area contributed by atoms with Crippen LogP contribution in [0.25, 0.3) is 0 Å². The second-order valence-corrected chi connectivity index (χ2v) is 5.22. The number of aliphatic hydroxyl groups is 1.